The smallest absolute Gasteiger partial charge is 0.253 e. The minimum Gasteiger partial charge on any atom is -0.381 e. The van der Waals surface area contributed by atoms with Gasteiger partial charge >= 0.3 is 0 Å². The van der Waals surface area contributed by atoms with Crippen LogP contribution in [-0.2, 0) is 4.79 Å². The predicted molar refractivity (Wildman–Crippen MR) is 117 cm³/mol. The van der Waals surface area contributed by atoms with Gasteiger partial charge in [-0.3, -0.25) is 9.59 Å². The normalized spacial score (nSPS) is 16.7. The summed E-state index contributed by atoms with van der Waals surface area (Å²) in [7, 11) is 0. The second kappa shape index (κ2) is 9.59. The highest BCUT2D eigenvalue weighted by Crippen LogP contribution is 2.35. The van der Waals surface area contributed by atoms with Crippen LogP contribution in [-0.4, -0.2) is 42.4 Å². The molecular formula is C24H31N3O2. The summed E-state index contributed by atoms with van der Waals surface area (Å²) in [5.41, 5.74) is 1.37. The van der Waals surface area contributed by atoms with Gasteiger partial charge in [0.2, 0.25) is 5.91 Å². The van der Waals surface area contributed by atoms with Gasteiger partial charge in [-0.2, -0.15) is 0 Å². The summed E-state index contributed by atoms with van der Waals surface area (Å²) in [5.74, 6) is 0.157. The molecule has 1 heterocycles. The largest absolute Gasteiger partial charge is 0.381 e. The van der Waals surface area contributed by atoms with Crippen molar-refractivity contribution in [3.63, 3.8) is 0 Å². The molecule has 1 aliphatic rings. The van der Waals surface area contributed by atoms with Gasteiger partial charge in [0, 0.05) is 36.9 Å². The van der Waals surface area contributed by atoms with Crippen LogP contribution in [0, 0.1) is 5.41 Å². The first kappa shape index (κ1) is 20.9. The van der Waals surface area contributed by atoms with Crippen molar-refractivity contribution in [2.24, 2.45) is 5.41 Å². The third-order valence-corrected chi connectivity index (χ3v) is 5.94. The molecule has 5 nitrogen and oxygen atoms in total. The minimum atomic E-state index is -0.389. The van der Waals surface area contributed by atoms with E-state index in [-0.39, 0.29) is 23.3 Å². The van der Waals surface area contributed by atoms with Gasteiger partial charge in [-0.25, -0.2) is 0 Å². The first-order valence-corrected chi connectivity index (χ1v) is 10.5. The van der Waals surface area contributed by atoms with Gasteiger partial charge < -0.3 is 15.5 Å². The molecule has 1 saturated heterocycles. The summed E-state index contributed by atoms with van der Waals surface area (Å²) in [6, 6.07) is 19.5. The van der Waals surface area contributed by atoms with Crippen molar-refractivity contribution in [3.8, 4) is 0 Å². The van der Waals surface area contributed by atoms with Crippen LogP contribution in [0.2, 0.25) is 0 Å². The molecule has 0 aliphatic carbocycles. The SMILES string of the molecule is CCC1(C(=O)NC[C@@H](C)Nc2ccccc2)CCN(C(=O)c2ccccc2)CC1. The van der Waals surface area contributed by atoms with Crippen molar-refractivity contribution in [2.75, 3.05) is 25.0 Å². The van der Waals surface area contributed by atoms with Crippen LogP contribution in [0.1, 0.15) is 43.5 Å². The average Bonchev–Trinajstić information content (AvgIpc) is 2.78. The highest BCUT2D eigenvalue weighted by atomic mass is 16.2. The molecule has 1 fully saturated rings. The number of hydrogen-bond donors (Lipinski definition) is 2. The molecule has 154 valence electrons. The lowest BCUT2D eigenvalue weighted by Crippen LogP contribution is -2.51. The maximum Gasteiger partial charge on any atom is 0.253 e. The predicted octanol–water partition coefficient (Wildman–Crippen LogP) is 3.94. The highest BCUT2D eigenvalue weighted by Gasteiger charge is 2.40. The molecule has 5 heteroatoms. The van der Waals surface area contributed by atoms with E-state index >= 15 is 0 Å². The first-order valence-electron chi connectivity index (χ1n) is 10.5. The molecule has 29 heavy (non-hydrogen) atoms. The number of piperidine rings is 1. The van der Waals surface area contributed by atoms with Crippen molar-refractivity contribution in [2.45, 2.75) is 39.2 Å². The average molecular weight is 394 g/mol. The number of rotatable bonds is 7. The number of anilines is 1. The van der Waals surface area contributed by atoms with E-state index in [1.54, 1.807) is 0 Å². The number of carbonyl (C=O) groups is 2. The number of amides is 2. The Balaban J connectivity index is 1.52. The van der Waals surface area contributed by atoms with Gasteiger partial charge in [0.05, 0.1) is 5.41 Å². The van der Waals surface area contributed by atoms with E-state index < -0.39 is 0 Å². The molecule has 1 atom stereocenters. The van der Waals surface area contributed by atoms with Crippen molar-refractivity contribution in [1.82, 2.24) is 10.2 Å². The second-order valence-corrected chi connectivity index (χ2v) is 7.91. The van der Waals surface area contributed by atoms with Crippen LogP contribution in [0.5, 0.6) is 0 Å². The second-order valence-electron chi connectivity index (χ2n) is 7.91. The molecule has 0 saturated carbocycles. The van der Waals surface area contributed by atoms with Gasteiger partial charge in [-0.1, -0.05) is 43.3 Å². The Morgan fingerprint density at radius 1 is 1.00 bits per heavy atom. The zero-order valence-corrected chi connectivity index (χ0v) is 17.4. The van der Waals surface area contributed by atoms with Crippen molar-refractivity contribution < 1.29 is 9.59 Å². The zero-order valence-electron chi connectivity index (χ0n) is 17.4. The Bertz CT molecular complexity index is 799. The fourth-order valence-electron chi connectivity index (χ4n) is 3.95. The van der Waals surface area contributed by atoms with Crippen molar-refractivity contribution in [1.29, 1.82) is 0 Å². The molecule has 2 amide bonds. The Morgan fingerprint density at radius 3 is 2.17 bits per heavy atom. The molecule has 0 unspecified atom stereocenters. The summed E-state index contributed by atoms with van der Waals surface area (Å²) in [6.45, 7) is 5.94. The molecule has 3 rings (SSSR count). The molecule has 2 N–H and O–H groups in total. The van der Waals surface area contributed by atoms with E-state index in [1.807, 2.05) is 65.6 Å². The van der Waals surface area contributed by atoms with Crippen molar-refractivity contribution in [3.05, 3.63) is 66.2 Å². The molecule has 2 aromatic carbocycles. The maximum atomic E-state index is 13.0. The molecule has 0 aromatic heterocycles. The number of carbonyl (C=O) groups excluding carboxylic acids is 2. The lowest BCUT2D eigenvalue weighted by atomic mass is 9.75. The third kappa shape index (κ3) is 5.17. The number of hydrogen-bond acceptors (Lipinski definition) is 3. The molecular weight excluding hydrogens is 362 g/mol. The molecule has 1 aliphatic heterocycles. The van der Waals surface area contributed by atoms with Crippen LogP contribution in [0.3, 0.4) is 0 Å². The maximum absolute atomic E-state index is 13.0. The molecule has 0 bridgehead atoms. The fourth-order valence-corrected chi connectivity index (χ4v) is 3.95. The number of nitrogens with zero attached hydrogens (tertiary/aromatic N) is 1. The Kier molecular flexibility index (Phi) is 6.91. The summed E-state index contributed by atoms with van der Waals surface area (Å²) in [5, 5.41) is 6.54. The molecule has 0 radical (unpaired) electrons. The van der Waals surface area contributed by atoms with E-state index in [4.69, 9.17) is 0 Å². The van der Waals surface area contributed by atoms with Crippen LogP contribution < -0.4 is 10.6 Å². The number of likely N-dealkylation sites (tertiary alicyclic amines) is 1. The van der Waals surface area contributed by atoms with Gasteiger partial charge in [-0.05, 0) is 50.5 Å². The van der Waals surface area contributed by atoms with Gasteiger partial charge in [0.1, 0.15) is 0 Å². The van der Waals surface area contributed by atoms with E-state index in [1.165, 1.54) is 0 Å². The summed E-state index contributed by atoms with van der Waals surface area (Å²) >= 11 is 0. The van der Waals surface area contributed by atoms with E-state index in [0.29, 0.717) is 38.0 Å². The van der Waals surface area contributed by atoms with E-state index in [2.05, 4.69) is 24.5 Å². The fraction of sp³-hybridized carbons (Fsp3) is 0.417. The number of benzene rings is 2. The quantitative estimate of drug-likeness (QED) is 0.749. The third-order valence-electron chi connectivity index (χ3n) is 5.94. The molecule has 2 aromatic rings. The summed E-state index contributed by atoms with van der Waals surface area (Å²) < 4.78 is 0. The van der Waals surface area contributed by atoms with Gasteiger partial charge in [0.15, 0.2) is 0 Å². The van der Waals surface area contributed by atoms with Gasteiger partial charge in [0.25, 0.3) is 5.91 Å². The van der Waals surface area contributed by atoms with E-state index in [9.17, 15) is 9.59 Å². The topological polar surface area (TPSA) is 61.4 Å². The Morgan fingerprint density at radius 2 is 1.59 bits per heavy atom. The van der Waals surface area contributed by atoms with E-state index in [0.717, 1.165) is 12.1 Å². The minimum absolute atomic E-state index is 0.0522. The zero-order chi connectivity index (χ0) is 20.7. The Labute approximate surface area is 173 Å². The van der Waals surface area contributed by atoms with Crippen LogP contribution in [0.4, 0.5) is 5.69 Å². The standard InChI is InChI=1S/C24H31N3O2/c1-3-24(23(29)25-18-19(2)26-21-12-8-5-9-13-21)14-16-27(17-15-24)22(28)20-10-6-4-7-11-20/h4-13,19,26H,3,14-18H2,1-2H3,(H,25,29)/t19-/m1/s1. The monoisotopic (exact) mass is 393 g/mol. The van der Waals surface area contributed by atoms with Gasteiger partial charge in [-0.15, -0.1) is 0 Å². The lowest BCUT2D eigenvalue weighted by Gasteiger charge is -2.40. The van der Waals surface area contributed by atoms with Crippen LogP contribution >= 0.6 is 0 Å². The number of para-hydroxylation sites is 1. The molecule has 0 spiro atoms. The van der Waals surface area contributed by atoms with Crippen LogP contribution in [0.15, 0.2) is 60.7 Å². The van der Waals surface area contributed by atoms with Crippen molar-refractivity contribution >= 4 is 17.5 Å². The highest BCUT2D eigenvalue weighted by molar-refractivity contribution is 5.94. The summed E-state index contributed by atoms with van der Waals surface area (Å²) in [4.78, 5) is 27.6. The van der Waals surface area contributed by atoms with Crippen LogP contribution in [0.25, 0.3) is 0 Å². The first-order chi connectivity index (χ1) is 14.0. The Hall–Kier alpha value is -2.82. The number of nitrogens with one attached hydrogen (secondary N) is 2. The summed E-state index contributed by atoms with van der Waals surface area (Å²) in [6.07, 6.45) is 2.19. The lowest BCUT2D eigenvalue weighted by molar-refractivity contribution is -0.133.